The van der Waals surface area contributed by atoms with Crippen LogP contribution < -0.4 is 0 Å². The Morgan fingerprint density at radius 1 is 1.64 bits per heavy atom. The highest BCUT2D eigenvalue weighted by atomic mass is 19.1. The molecule has 0 aliphatic carbocycles. The van der Waals surface area contributed by atoms with Gasteiger partial charge in [0.1, 0.15) is 5.83 Å². The predicted molar refractivity (Wildman–Crippen MR) is 49.3 cm³/mol. The highest BCUT2D eigenvalue weighted by molar-refractivity contribution is 5.83. The molecular formula is C10H14FNO2. The minimum atomic E-state index is -0.405. The Hall–Kier alpha value is -0.900. The molecule has 14 heavy (non-hydrogen) atoms. The van der Waals surface area contributed by atoms with Gasteiger partial charge in [0.2, 0.25) is 5.91 Å². The molecule has 0 saturated carbocycles. The largest absolute Gasteiger partial charge is 0.379 e. The maximum atomic E-state index is 12.9. The van der Waals surface area contributed by atoms with E-state index in [1.807, 2.05) is 6.92 Å². The number of carbonyl (C=O) groups is 1. The summed E-state index contributed by atoms with van der Waals surface area (Å²) in [6.07, 6.45) is 2.16. The Bertz CT molecular complexity index is 284. The summed E-state index contributed by atoms with van der Waals surface area (Å²) in [5, 5.41) is 0. The van der Waals surface area contributed by atoms with Gasteiger partial charge in [0, 0.05) is 6.54 Å². The molecule has 3 nitrogen and oxygen atoms in total. The quantitative estimate of drug-likeness (QED) is 0.633. The van der Waals surface area contributed by atoms with E-state index in [1.165, 1.54) is 0 Å². The van der Waals surface area contributed by atoms with E-state index < -0.39 is 5.41 Å². The molecule has 0 radical (unpaired) electrons. The average Bonchev–Trinajstić information content (AvgIpc) is 2.13. The number of amides is 1. The summed E-state index contributed by atoms with van der Waals surface area (Å²) in [6.45, 7) is 3.56. The van der Waals surface area contributed by atoms with Gasteiger partial charge >= 0.3 is 0 Å². The molecule has 0 atom stereocenters. The summed E-state index contributed by atoms with van der Waals surface area (Å²) in [4.78, 5) is 13.5. The molecule has 2 aliphatic heterocycles. The second-order valence-electron chi connectivity index (χ2n) is 4.22. The van der Waals surface area contributed by atoms with Crippen LogP contribution in [-0.2, 0) is 9.53 Å². The lowest BCUT2D eigenvalue weighted by atomic mass is 9.86. The monoisotopic (exact) mass is 199 g/mol. The van der Waals surface area contributed by atoms with Crippen molar-refractivity contribution in [3.63, 3.8) is 0 Å². The second kappa shape index (κ2) is 3.35. The third kappa shape index (κ3) is 1.54. The summed E-state index contributed by atoms with van der Waals surface area (Å²) in [5.74, 6) is -0.180. The van der Waals surface area contributed by atoms with E-state index in [1.54, 1.807) is 11.0 Å². The van der Waals surface area contributed by atoms with Gasteiger partial charge in [-0.1, -0.05) is 0 Å². The van der Waals surface area contributed by atoms with E-state index in [0.29, 0.717) is 26.2 Å². The first-order valence-electron chi connectivity index (χ1n) is 4.83. The smallest absolute Gasteiger partial charge is 0.233 e. The Kier molecular flexibility index (Phi) is 2.31. The molecule has 1 fully saturated rings. The molecular weight excluding hydrogens is 185 g/mol. The van der Waals surface area contributed by atoms with Crippen molar-refractivity contribution in [3.8, 4) is 0 Å². The van der Waals surface area contributed by atoms with Crippen LogP contribution in [0.4, 0.5) is 4.39 Å². The summed E-state index contributed by atoms with van der Waals surface area (Å²) >= 11 is 0. The zero-order valence-corrected chi connectivity index (χ0v) is 8.25. The van der Waals surface area contributed by atoms with E-state index in [9.17, 15) is 9.18 Å². The van der Waals surface area contributed by atoms with E-state index >= 15 is 0 Å². The van der Waals surface area contributed by atoms with Crippen LogP contribution in [0, 0.1) is 5.41 Å². The van der Waals surface area contributed by atoms with Gasteiger partial charge < -0.3 is 9.64 Å². The SMILES string of the molecule is CC1(C(=O)N2CCC=C(F)C2)COC1. The molecule has 78 valence electrons. The van der Waals surface area contributed by atoms with Crippen LogP contribution in [0.25, 0.3) is 0 Å². The average molecular weight is 199 g/mol. The van der Waals surface area contributed by atoms with Crippen molar-refractivity contribution in [1.29, 1.82) is 0 Å². The molecule has 0 N–H and O–H groups in total. The van der Waals surface area contributed by atoms with Crippen molar-refractivity contribution in [2.75, 3.05) is 26.3 Å². The topological polar surface area (TPSA) is 29.5 Å². The molecule has 1 amide bonds. The predicted octanol–water partition coefficient (Wildman–Crippen LogP) is 1.11. The fourth-order valence-electron chi connectivity index (χ4n) is 1.79. The number of hydrogen-bond acceptors (Lipinski definition) is 2. The molecule has 0 unspecified atom stereocenters. The van der Waals surface area contributed by atoms with Crippen LogP contribution >= 0.6 is 0 Å². The fourth-order valence-corrected chi connectivity index (χ4v) is 1.79. The minimum Gasteiger partial charge on any atom is -0.379 e. The molecule has 0 aromatic carbocycles. The lowest BCUT2D eigenvalue weighted by molar-refractivity contribution is -0.168. The van der Waals surface area contributed by atoms with Crippen LogP contribution in [0.15, 0.2) is 11.9 Å². The number of ether oxygens (including phenoxy) is 1. The maximum Gasteiger partial charge on any atom is 0.233 e. The zero-order chi connectivity index (χ0) is 10.2. The van der Waals surface area contributed by atoms with E-state index in [-0.39, 0.29) is 18.3 Å². The normalized spacial score (nSPS) is 25.3. The second-order valence-corrected chi connectivity index (χ2v) is 4.22. The van der Waals surface area contributed by atoms with Gasteiger partial charge in [-0.05, 0) is 19.4 Å². The van der Waals surface area contributed by atoms with E-state index in [4.69, 9.17) is 4.74 Å². The van der Waals surface area contributed by atoms with Crippen LogP contribution in [-0.4, -0.2) is 37.1 Å². The number of nitrogens with zero attached hydrogens (tertiary/aromatic N) is 1. The van der Waals surface area contributed by atoms with E-state index in [2.05, 4.69) is 0 Å². The zero-order valence-electron chi connectivity index (χ0n) is 8.25. The van der Waals surface area contributed by atoms with E-state index in [0.717, 1.165) is 0 Å². The first-order chi connectivity index (χ1) is 6.62. The third-order valence-corrected chi connectivity index (χ3v) is 2.75. The molecule has 2 aliphatic rings. The summed E-state index contributed by atoms with van der Waals surface area (Å²) in [5.41, 5.74) is -0.405. The van der Waals surface area contributed by atoms with Crippen LogP contribution in [0.3, 0.4) is 0 Å². The molecule has 0 aromatic heterocycles. The highest BCUT2D eigenvalue weighted by Gasteiger charge is 2.43. The third-order valence-electron chi connectivity index (χ3n) is 2.75. The Balaban J connectivity index is 2.01. The van der Waals surface area contributed by atoms with Crippen LogP contribution in [0.5, 0.6) is 0 Å². The summed E-state index contributed by atoms with van der Waals surface area (Å²) < 4.78 is 18.0. The summed E-state index contributed by atoms with van der Waals surface area (Å²) in [7, 11) is 0. The van der Waals surface area contributed by atoms with Crippen LogP contribution in [0.2, 0.25) is 0 Å². The molecule has 2 rings (SSSR count). The first kappa shape index (κ1) is 9.65. The van der Waals surface area contributed by atoms with Gasteiger partial charge in [0.15, 0.2) is 0 Å². The molecule has 0 spiro atoms. The number of hydrogen-bond donors (Lipinski definition) is 0. The standard InChI is InChI=1S/C10H14FNO2/c1-10(6-14-7-10)9(13)12-4-2-3-8(11)5-12/h3H,2,4-7H2,1H3. The maximum absolute atomic E-state index is 12.9. The van der Waals surface area contributed by atoms with Crippen molar-refractivity contribution in [2.24, 2.45) is 5.41 Å². The van der Waals surface area contributed by atoms with Crippen LogP contribution in [0.1, 0.15) is 13.3 Å². The van der Waals surface area contributed by atoms with Gasteiger partial charge in [-0.15, -0.1) is 0 Å². The van der Waals surface area contributed by atoms with Crippen molar-refractivity contribution in [3.05, 3.63) is 11.9 Å². The molecule has 2 heterocycles. The molecule has 4 heteroatoms. The number of halogens is 1. The lowest BCUT2D eigenvalue weighted by Crippen LogP contribution is -2.54. The first-order valence-corrected chi connectivity index (χ1v) is 4.83. The summed E-state index contributed by atoms with van der Waals surface area (Å²) in [6, 6.07) is 0. The fraction of sp³-hybridized carbons (Fsp3) is 0.700. The van der Waals surface area contributed by atoms with Crippen molar-refractivity contribution < 1.29 is 13.9 Å². The highest BCUT2D eigenvalue weighted by Crippen LogP contribution is 2.30. The Labute approximate surface area is 82.5 Å². The Morgan fingerprint density at radius 3 is 2.86 bits per heavy atom. The van der Waals surface area contributed by atoms with Crippen molar-refractivity contribution >= 4 is 5.91 Å². The molecule has 0 bridgehead atoms. The van der Waals surface area contributed by atoms with Crippen molar-refractivity contribution in [1.82, 2.24) is 4.90 Å². The minimum absolute atomic E-state index is 0.0204. The van der Waals surface area contributed by atoms with Crippen molar-refractivity contribution in [2.45, 2.75) is 13.3 Å². The van der Waals surface area contributed by atoms with Gasteiger partial charge in [-0.25, -0.2) is 4.39 Å². The van der Waals surface area contributed by atoms with Gasteiger partial charge in [0.25, 0.3) is 0 Å². The number of carbonyl (C=O) groups excluding carboxylic acids is 1. The molecule has 0 aromatic rings. The van der Waals surface area contributed by atoms with Gasteiger partial charge in [0.05, 0.1) is 25.2 Å². The van der Waals surface area contributed by atoms with Gasteiger partial charge in [-0.2, -0.15) is 0 Å². The lowest BCUT2D eigenvalue weighted by Gasteiger charge is -2.40. The molecule has 1 saturated heterocycles. The number of rotatable bonds is 1. The van der Waals surface area contributed by atoms with Gasteiger partial charge in [-0.3, -0.25) is 4.79 Å². The Morgan fingerprint density at radius 2 is 2.36 bits per heavy atom.